The van der Waals surface area contributed by atoms with Crippen LogP contribution < -0.4 is 5.73 Å². The van der Waals surface area contributed by atoms with E-state index in [0.717, 1.165) is 16.6 Å². The molecule has 0 atom stereocenters. The average molecular weight is 177 g/mol. The van der Waals surface area contributed by atoms with E-state index in [1.165, 1.54) is 0 Å². The highest BCUT2D eigenvalue weighted by Crippen LogP contribution is 2.16. The molecule has 0 bridgehead atoms. The second-order valence-corrected chi connectivity index (χ2v) is 2.88. The number of nitrogens with two attached hydrogens (primary N) is 1. The van der Waals surface area contributed by atoms with Gasteiger partial charge in [-0.1, -0.05) is 0 Å². The van der Waals surface area contributed by atoms with E-state index in [-0.39, 0.29) is 0 Å². The molecule has 68 valence electrons. The molecule has 1 aromatic heterocycles. The third-order valence-electron chi connectivity index (χ3n) is 1.92. The van der Waals surface area contributed by atoms with Gasteiger partial charge in [0.25, 0.3) is 0 Å². The van der Waals surface area contributed by atoms with Gasteiger partial charge < -0.3 is 10.5 Å². The second kappa shape index (κ2) is 3.06. The quantitative estimate of drug-likeness (QED) is 0.702. The molecule has 2 aromatic rings. The Labute approximate surface area is 75.9 Å². The van der Waals surface area contributed by atoms with E-state index < -0.39 is 0 Å². The van der Waals surface area contributed by atoms with Gasteiger partial charge in [-0.15, -0.1) is 0 Å². The molecule has 13 heavy (non-hydrogen) atoms. The second-order valence-electron chi connectivity index (χ2n) is 2.88. The Morgan fingerprint density at radius 2 is 2.38 bits per heavy atom. The molecule has 0 saturated carbocycles. The van der Waals surface area contributed by atoms with E-state index in [0.29, 0.717) is 6.73 Å². The Bertz CT molecular complexity index is 422. The van der Waals surface area contributed by atoms with Gasteiger partial charge in [0.2, 0.25) is 0 Å². The van der Waals surface area contributed by atoms with Crippen molar-refractivity contribution in [1.29, 1.82) is 0 Å². The zero-order valence-electron chi connectivity index (χ0n) is 7.40. The van der Waals surface area contributed by atoms with Gasteiger partial charge in [-0.05, 0) is 18.2 Å². The first-order chi connectivity index (χ1) is 6.31. The molecule has 4 nitrogen and oxygen atoms in total. The third kappa shape index (κ3) is 1.36. The van der Waals surface area contributed by atoms with Crippen LogP contribution >= 0.6 is 0 Å². The first-order valence-electron chi connectivity index (χ1n) is 4.01. The molecule has 2 N–H and O–H groups in total. The molecule has 0 saturated heterocycles. The fraction of sp³-hybridized carbons (Fsp3) is 0.222. The lowest BCUT2D eigenvalue weighted by Crippen LogP contribution is -2.01. The molecule has 0 unspecified atom stereocenters. The Morgan fingerprint density at radius 3 is 3.15 bits per heavy atom. The van der Waals surface area contributed by atoms with Gasteiger partial charge in [-0.3, -0.25) is 0 Å². The number of benzene rings is 1. The SMILES string of the molecule is COCn1ncc2ccc(N)cc21. The monoisotopic (exact) mass is 177 g/mol. The van der Waals surface area contributed by atoms with Crippen molar-refractivity contribution >= 4 is 16.6 Å². The average Bonchev–Trinajstić information content (AvgIpc) is 2.49. The number of ether oxygens (including phenoxy) is 1. The van der Waals surface area contributed by atoms with Gasteiger partial charge in [0, 0.05) is 18.2 Å². The maximum Gasteiger partial charge on any atom is 0.139 e. The Kier molecular flexibility index (Phi) is 1.90. The predicted molar refractivity (Wildman–Crippen MR) is 51.2 cm³/mol. The molecule has 0 radical (unpaired) electrons. The van der Waals surface area contributed by atoms with Crippen LogP contribution in [0.2, 0.25) is 0 Å². The standard InChI is InChI=1S/C9H11N3O/c1-13-6-12-9-4-8(10)3-2-7(9)5-11-12/h2-5H,6,10H2,1H3. The molecule has 0 spiro atoms. The molecule has 2 rings (SSSR count). The molecule has 4 heteroatoms. The van der Waals surface area contributed by atoms with Crippen molar-refractivity contribution in [2.75, 3.05) is 12.8 Å². The molecule has 0 amide bonds. The zero-order valence-corrected chi connectivity index (χ0v) is 7.40. The van der Waals surface area contributed by atoms with E-state index >= 15 is 0 Å². The predicted octanol–water partition coefficient (Wildman–Crippen LogP) is 1.22. The van der Waals surface area contributed by atoms with Crippen molar-refractivity contribution in [2.45, 2.75) is 6.73 Å². The maximum atomic E-state index is 5.67. The van der Waals surface area contributed by atoms with Gasteiger partial charge in [0.05, 0.1) is 11.7 Å². The van der Waals surface area contributed by atoms with E-state index in [1.54, 1.807) is 18.0 Å². The Balaban J connectivity index is 2.58. The van der Waals surface area contributed by atoms with Crippen molar-refractivity contribution in [2.24, 2.45) is 0 Å². The minimum absolute atomic E-state index is 0.451. The summed E-state index contributed by atoms with van der Waals surface area (Å²) in [5.41, 5.74) is 7.41. The highest BCUT2D eigenvalue weighted by molar-refractivity contribution is 5.81. The summed E-state index contributed by atoms with van der Waals surface area (Å²) < 4.78 is 6.76. The minimum atomic E-state index is 0.451. The number of aromatic nitrogens is 2. The van der Waals surface area contributed by atoms with Crippen LogP contribution in [0.25, 0.3) is 10.9 Å². The first kappa shape index (κ1) is 8.07. The van der Waals surface area contributed by atoms with Crippen molar-refractivity contribution < 1.29 is 4.74 Å². The highest BCUT2D eigenvalue weighted by atomic mass is 16.5. The van der Waals surface area contributed by atoms with Gasteiger partial charge in [-0.2, -0.15) is 5.10 Å². The summed E-state index contributed by atoms with van der Waals surface area (Å²) in [7, 11) is 1.64. The lowest BCUT2D eigenvalue weighted by atomic mass is 10.2. The molecule has 1 aromatic carbocycles. The lowest BCUT2D eigenvalue weighted by Gasteiger charge is -2.01. The van der Waals surface area contributed by atoms with Crippen LogP contribution in [0.1, 0.15) is 0 Å². The summed E-state index contributed by atoms with van der Waals surface area (Å²) >= 11 is 0. The lowest BCUT2D eigenvalue weighted by molar-refractivity contribution is 0.124. The van der Waals surface area contributed by atoms with Crippen LogP contribution in [0.4, 0.5) is 5.69 Å². The van der Waals surface area contributed by atoms with Crippen LogP contribution in [-0.2, 0) is 11.5 Å². The summed E-state index contributed by atoms with van der Waals surface area (Å²) in [4.78, 5) is 0. The number of nitrogen functional groups attached to an aromatic ring is 1. The summed E-state index contributed by atoms with van der Waals surface area (Å²) in [5, 5.41) is 5.24. The van der Waals surface area contributed by atoms with Crippen LogP contribution in [0.3, 0.4) is 0 Å². The third-order valence-corrected chi connectivity index (χ3v) is 1.92. The van der Waals surface area contributed by atoms with Crippen molar-refractivity contribution in [1.82, 2.24) is 9.78 Å². The van der Waals surface area contributed by atoms with Gasteiger partial charge in [-0.25, -0.2) is 4.68 Å². The number of rotatable bonds is 2. The summed E-state index contributed by atoms with van der Waals surface area (Å²) in [6.45, 7) is 0.451. The van der Waals surface area contributed by atoms with Crippen molar-refractivity contribution in [3.63, 3.8) is 0 Å². The molecule has 1 heterocycles. The van der Waals surface area contributed by atoms with Gasteiger partial charge >= 0.3 is 0 Å². The van der Waals surface area contributed by atoms with Gasteiger partial charge in [0.15, 0.2) is 0 Å². The maximum absolute atomic E-state index is 5.67. The van der Waals surface area contributed by atoms with Gasteiger partial charge in [0.1, 0.15) is 6.73 Å². The smallest absolute Gasteiger partial charge is 0.139 e. The number of methoxy groups -OCH3 is 1. The summed E-state index contributed by atoms with van der Waals surface area (Å²) in [5.74, 6) is 0. The van der Waals surface area contributed by atoms with E-state index in [2.05, 4.69) is 5.10 Å². The normalized spacial score (nSPS) is 10.8. The van der Waals surface area contributed by atoms with E-state index in [4.69, 9.17) is 10.5 Å². The number of hydrogen-bond donors (Lipinski definition) is 1. The fourth-order valence-corrected chi connectivity index (χ4v) is 1.31. The summed E-state index contributed by atoms with van der Waals surface area (Å²) in [6, 6.07) is 5.70. The number of anilines is 1. The van der Waals surface area contributed by atoms with E-state index in [9.17, 15) is 0 Å². The van der Waals surface area contributed by atoms with Crippen LogP contribution in [0, 0.1) is 0 Å². The fourth-order valence-electron chi connectivity index (χ4n) is 1.31. The Hall–Kier alpha value is -1.55. The number of hydrogen-bond acceptors (Lipinski definition) is 3. The largest absolute Gasteiger partial charge is 0.399 e. The van der Waals surface area contributed by atoms with Crippen molar-refractivity contribution in [3.8, 4) is 0 Å². The minimum Gasteiger partial charge on any atom is -0.399 e. The topological polar surface area (TPSA) is 53.1 Å². The molecule has 0 aliphatic carbocycles. The zero-order chi connectivity index (χ0) is 9.26. The molecule has 0 aliphatic rings. The van der Waals surface area contributed by atoms with Crippen LogP contribution in [0.5, 0.6) is 0 Å². The molecular weight excluding hydrogens is 166 g/mol. The number of fused-ring (bicyclic) bond motifs is 1. The van der Waals surface area contributed by atoms with Crippen LogP contribution in [0.15, 0.2) is 24.4 Å². The highest BCUT2D eigenvalue weighted by Gasteiger charge is 2.01. The molecule has 0 aliphatic heterocycles. The Morgan fingerprint density at radius 1 is 1.54 bits per heavy atom. The first-order valence-corrected chi connectivity index (χ1v) is 4.01. The van der Waals surface area contributed by atoms with Crippen LogP contribution in [-0.4, -0.2) is 16.9 Å². The van der Waals surface area contributed by atoms with Crippen molar-refractivity contribution in [3.05, 3.63) is 24.4 Å². The van der Waals surface area contributed by atoms with E-state index in [1.807, 2.05) is 18.2 Å². The summed E-state index contributed by atoms with van der Waals surface area (Å²) in [6.07, 6.45) is 1.80. The number of nitrogens with zero attached hydrogens (tertiary/aromatic N) is 2. The molecular formula is C9H11N3O. The molecule has 0 fully saturated rings.